The number of nitro groups is 1. The van der Waals surface area contributed by atoms with E-state index in [-0.39, 0.29) is 11.5 Å². The SMILES string of the molecule is Nc1ccc2cccc([N+](=O)[O-])c2n1. The van der Waals surface area contributed by atoms with Crippen molar-refractivity contribution in [2.45, 2.75) is 0 Å². The lowest BCUT2D eigenvalue weighted by molar-refractivity contribution is -0.383. The first-order valence-corrected chi connectivity index (χ1v) is 3.98. The summed E-state index contributed by atoms with van der Waals surface area (Å²) in [5, 5.41) is 11.4. The normalized spacial score (nSPS) is 10.3. The van der Waals surface area contributed by atoms with Gasteiger partial charge in [-0.15, -0.1) is 0 Å². The number of nitrogen functional groups attached to an aromatic ring is 1. The number of benzene rings is 1. The standard InChI is InChI=1S/C9H7N3O2/c10-8-5-4-6-2-1-3-7(12(13)14)9(6)11-8/h1-5H,(H2,10,11). The zero-order valence-electron chi connectivity index (χ0n) is 7.18. The predicted molar refractivity (Wildman–Crippen MR) is 52.8 cm³/mol. The van der Waals surface area contributed by atoms with Crippen LogP contribution < -0.4 is 5.73 Å². The van der Waals surface area contributed by atoms with Gasteiger partial charge in [0.2, 0.25) is 0 Å². The zero-order chi connectivity index (χ0) is 10.1. The third-order valence-electron chi connectivity index (χ3n) is 1.92. The lowest BCUT2D eigenvalue weighted by Crippen LogP contribution is -1.94. The van der Waals surface area contributed by atoms with Crippen molar-refractivity contribution in [1.29, 1.82) is 0 Å². The summed E-state index contributed by atoms with van der Waals surface area (Å²) < 4.78 is 0. The summed E-state index contributed by atoms with van der Waals surface area (Å²) in [7, 11) is 0. The molecule has 0 atom stereocenters. The van der Waals surface area contributed by atoms with Crippen molar-refractivity contribution in [3.05, 3.63) is 40.4 Å². The van der Waals surface area contributed by atoms with Gasteiger partial charge < -0.3 is 5.73 Å². The number of nitrogens with zero attached hydrogens (tertiary/aromatic N) is 2. The van der Waals surface area contributed by atoms with E-state index in [0.29, 0.717) is 10.9 Å². The average molecular weight is 189 g/mol. The first-order valence-electron chi connectivity index (χ1n) is 3.98. The first-order chi connectivity index (χ1) is 6.68. The Labute approximate surface area is 79.3 Å². The zero-order valence-corrected chi connectivity index (χ0v) is 7.18. The molecule has 0 aliphatic carbocycles. The van der Waals surface area contributed by atoms with Gasteiger partial charge in [-0.25, -0.2) is 4.98 Å². The smallest absolute Gasteiger partial charge is 0.295 e. The molecule has 0 unspecified atom stereocenters. The van der Waals surface area contributed by atoms with Crippen LogP contribution in [-0.2, 0) is 0 Å². The molecule has 2 N–H and O–H groups in total. The fraction of sp³-hybridized carbons (Fsp3) is 0. The van der Waals surface area contributed by atoms with Crippen molar-refractivity contribution in [2.24, 2.45) is 0 Å². The van der Waals surface area contributed by atoms with Crippen LogP contribution in [0.25, 0.3) is 10.9 Å². The molecule has 0 saturated heterocycles. The van der Waals surface area contributed by atoms with Gasteiger partial charge in [-0.2, -0.15) is 0 Å². The number of rotatable bonds is 1. The van der Waals surface area contributed by atoms with Gasteiger partial charge in [-0.3, -0.25) is 10.1 Å². The van der Waals surface area contributed by atoms with Crippen molar-refractivity contribution < 1.29 is 4.92 Å². The van der Waals surface area contributed by atoms with Gasteiger partial charge >= 0.3 is 0 Å². The minimum Gasteiger partial charge on any atom is -0.384 e. The lowest BCUT2D eigenvalue weighted by Gasteiger charge is -1.98. The second-order valence-electron chi connectivity index (χ2n) is 2.84. The summed E-state index contributed by atoms with van der Waals surface area (Å²) >= 11 is 0. The van der Waals surface area contributed by atoms with Crippen molar-refractivity contribution >= 4 is 22.4 Å². The van der Waals surface area contributed by atoms with E-state index in [4.69, 9.17) is 5.73 Å². The molecule has 0 saturated carbocycles. The summed E-state index contributed by atoms with van der Waals surface area (Å²) in [6.07, 6.45) is 0. The molecule has 0 bridgehead atoms. The Morgan fingerprint density at radius 3 is 2.79 bits per heavy atom. The minimum absolute atomic E-state index is 0.0187. The Hall–Kier alpha value is -2.17. The highest BCUT2D eigenvalue weighted by Gasteiger charge is 2.11. The van der Waals surface area contributed by atoms with Gasteiger partial charge in [0, 0.05) is 11.5 Å². The Bertz CT molecular complexity index is 510. The first kappa shape index (κ1) is 8.43. The molecule has 0 amide bonds. The van der Waals surface area contributed by atoms with Crippen LogP contribution in [0.15, 0.2) is 30.3 Å². The molecule has 1 aromatic heterocycles. The van der Waals surface area contributed by atoms with Crippen LogP contribution in [0.1, 0.15) is 0 Å². The average Bonchev–Trinajstić information content (AvgIpc) is 2.16. The highest BCUT2D eigenvalue weighted by Crippen LogP contribution is 2.23. The lowest BCUT2D eigenvalue weighted by atomic mass is 10.2. The molecule has 0 fully saturated rings. The monoisotopic (exact) mass is 189 g/mol. The second kappa shape index (κ2) is 2.95. The number of nitrogens with two attached hydrogens (primary N) is 1. The van der Waals surface area contributed by atoms with Gasteiger partial charge in [-0.1, -0.05) is 12.1 Å². The van der Waals surface area contributed by atoms with E-state index in [9.17, 15) is 10.1 Å². The molecular weight excluding hydrogens is 182 g/mol. The van der Waals surface area contributed by atoms with E-state index in [1.54, 1.807) is 24.3 Å². The van der Waals surface area contributed by atoms with E-state index in [2.05, 4.69) is 4.98 Å². The number of para-hydroxylation sites is 1. The van der Waals surface area contributed by atoms with Gasteiger partial charge in [0.25, 0.3) is 5.69 Å². The van der Waals surface area contributed by atoms with Crippen LogP contribution in [-0.4, -0.2) is 9.91 Å². The Balaban J connectivity index is 2.84. The van der Waals surface area contributed by atoms with Crippen molar-refractivity contribution in [3.8, 4) is 0 Å². The number of nitro benzene ring substituents is 1. The number of hydrogen-bond acceptors (Lipinski definition) is 4. The van der Waals surface area contributed by atoms with Crippen LogP contribution in [0.4, 0.5) is 11.5 Å². The Kier molecular flexibility index (Phi) is 1.78. The predicted octanol–water partition coefficient (Wildman–Crippen LogP) is 1.73. The molecule has 2 rings (SSSR count). The maximum absolute atomic E-state index is 10.7. The van der Waals surface area contributed by atoms with E-state index in [1.165, 1.54) is 6.07 Å². The minimum atomic E-state index is -0.464. The van der Waals surface area contributed by atoms with Gasteiger partial charge in [0.15, 0.2) is 5.52 Å². The van der Waals surface area contributed by atoms with Crippen molar-refractivity contribution in [2.75, 3.05) is 5.73 Å². The summed E-state index contributed by atoms with van der Waals surface area (Å²) in [4.78, 5) is 14.1. The maximum atomic E-state index is 10.7. The van der Waals surface area contributed by atoms with Gasteiger partial charge in [0.05, 0.1) is 4.92 Å². The van der Waals surface area contributed by atoms with Crippen LogP contribution >= 0.6 is 0 Å². The summed E-state index contributed by atoms with van der Waals surface area (Å²) in [6.45, 7) is 0. The Morgan fingerprint density at radius 1 is 1.29 bits per heavy atom. The number of anilines is 1. The number of aromatic nitrogens is 1. The molecule has 5 nitrogen and oxygen atoms in total. The Morgan fingerprint density at radius 2 is 2.07 bits per heavy atom. The fourth-order valence-corrected chi connectivity index (χ4v) is 1.29. The molecule has 1 aromatic carbocycles. The molecule has 0 aliphatic heterocycles. The molecule has 0 aliphatic rings. The highest BCUT2D eigenvalue weighted by molar-refractivity contribution is 5.87. The number of fused-ring (bicyclic) bond motifs is 1. The highest BCUT2D eigenvalue weighted by atomic mass is 16.6. The molecule has 0 spiro atoms. The van der Waals surface area contributed by atoms with E-state index in [0.717, 1.165) is 0 Å². The maximum Gasteiger partial charge on any atom is 0.295 e. The molecule has 0 radical (unpaired) electrons. The third kappa shape index (κ3) is 1.24. The quantitative estimate of drug-likeness (QED) is 0.547. The van der Waals surface area contributed by atoms with E-state index in [1.807, 2.05) is 0 Å². The van der Waals surface area contributed by atoms with Crippen LogP contribution in [0.5, 0.6) is 0 Å². The van der Waals surface area contributed by atoms with Crippen LogP contribution in [0.2, 0.25) is 0 Å². The molecular formula is C9H7N3O2. The van der Waals surface area contributed by atoms with Gasteiger partial charge in [0.1, 0.15) is 5.82 Å². The number of hydrogen-bond donors (Lipinski definition) is 1. The summed E-state index contributed by atoms with van der Waals surface area (Å²) in [5.74, 6) is 0.284. The fourth-order valence-electron chi connectivity index (χ4n) is 1.29. The topological polar surface area (TPSA) is 82.0 Å². The van der Waals surface area contributed by atoms with Gasteiger partial charge in [-0.05, 0) is 12.1 Å². The van der Waals surface area contributed by atoms with E-state index < -0.39 is 4.92 Å². The summed E-state index contributed by atoms with van der Waals surface area (Å²) in [5.41, 5.74) is 5.77. The van der Waals surface area contributed by atoms with E-state index >= 15 is 0 Å². The second-order valence-corrected chi connectivity index (χ2v) is 2.84. The third-order valence-corrected chi connectivity index (χ3v) is 1.92. The van der Waals surface area contributed by atoms with Crippen LogP contribution in [0.3, 0.4) is 0 Å². The van der Waals surface area contributed by atoms with Crippen LogP contribution in [0, 0.1) is 10.1 Å². The summed E-state index contributed by atoms with van der Waals surface area (Å²) in [6, 6.07) is 8.12. The molecule has 5 heteroatoms. The molecule has 2 aromatic rings. The van der Waals surface area contributed by atoms with Crippen molar-refractivity contribution in [3.63, 3.8) is 0 Å². The van der Waals surface area contributed by atoms with Crippen molar-refractivity contribution in [1.82, 2.24) is 4.98 Å². The molecule has 1 heterocycles. The molecule has 70 valence electrons. The largest absolute Gasteiger partial charge is 0.384 e. The number of pyridine rings is 1. The number of non-ortho nitro benzene ring substituents is 1. The molecule has 14 heavy (non-hydrogen) atoms.